The van der Waals surface area contributed by atoms with Crippen molar-refractivity contribution < 1.29 is 4.42 Å². The Morgan fingerprint density at radius 1 is 0.392 bits per heavy atom. The van der Waals surface area contributed by atoms with Gasteiger partial charge in [-0.15, -0.1) is 0 Å². The van der Waals surface area contributed by atoms with Crippen LogP contribution in [0.2, 0.25) is 0 Å². The van der Waals surface area contributed by atoms with E-state index in [1.54, 1.807) is 6.07 Å². The first kappa shape index (κ1) is 28.4. The fraction of sp³-hybridized carbons (Fsp3) is 0. The molecule has 0 unspecified atom stereocenters. The van der Waals surface area contributed by atoms with Crippen LogP contribution in [-0.2, 0) is 0 Å². The molecule has 0 N–H and O–H groups in total. The van der Waals surface area contributed by atoms with Crippen molar-refractivity contribution in [2.24, 2.45) is 0 Å². The van der Waals surface area contributed by atoms with Gasteiger partial charge in [0.2, 0.25) is 0 Å². The Morgan fingerprint density at radius 3 is 1.63 bits per heavy atom. The third-order valence-electron chi connectivity index (χ3n) is 10.0. The van der Waals surface area contributed by atoms with Crippen LogP contribution >= 0.6 is 0 Å². The lowest BCUT2D eigenvalue weighted by atomic mass is 9.93. The van der Waals surface area contributed by atoms with Crippen molar-refractivity contribution in [1.82, 2.24) is 9.13 Å². The zero-order valence-corrected chi connectivity index (χ0v) is 26.9. The van der Waals surface area contributed by atoms with Crippen molar-refractivity contribution in [3.05, 3.63) is 156 Å². The summed E-state index contributed by atoms with van der Waals surface area (Å²) in [7, 11) is 0. The third-order valence-corrected chi connectivity index (χ3v) is 10.0. The molecule has 10 aromatic rings. The molecule has 0 saturated heterocycles. The Balaban J connectivity index is 1.26. The molecule has 7 aromatic carbocycles. The van der Waals surface area contributed by atoms with Crippen LogP contribution in [-0.4, -0.2) is 9.13 Å². The minimum Gasteiger partial charge on any atom is -0.456 e. The second-order valence-electron chi connectivity index (χ2n) is 12.7. The fourth-order valence-corrected chi connectivity index (χ4v) is 7.82. The molecule has 0 bridgehead atoms. The molecule has 0 saturated carbocycles. The molecule has 6 heteroatoms. The summed E-state index contributed by atoms with van der Waals surface area (Å²) >= 11 is 0. The first-order valence-corrected chi connectivity index (χ1v) is 16.5. The van der Waals surface area contributed by atoms with E-state index >= 15 is 0 Å². The second kappa shape index (κ2) is 10.7. The molecule has 0 amide bonds. The summed E-state index contributed by atoms with van der Waals surface area (Å²) < 4.78 is 10.6. The smallest absolute Gasteiger partial charge is 0.137 e. The van der Waals surface area contributed by atoms with Gasteiger partial charge in [0, 0.05) is 55.2 Å². The normalized spacial score (nSPS) is 11.5. The van der Waals surface area contributed by atoms with Crippen LogP contribution in [0.3, 0.4) is 0 Å². The number of para-hydroxylation sites is 4. The van der Waals surface area contributed by atoms with Gasteiger partial charge in [-0.2, -0.15) is 15.8 Å². The van der Waals surface area contributed by atoms with Gasteiger partial charge in [0.15, 0.2) is 0 Å². The van der Waals surface area contributed by atoms with Crippen LogP contribution in [0.1, 0.15) is 16.7 Å². The van der Waals surface area contributed by atoms with Gasteiger partial charge in [-0.25, -0.2) is 0 Å². The zero-order chi connectivity index (χ0) is 34.2. The number of nitriles is 3. The third kappa shape index (κ3) is 4.01. The standard InChI is InChI=1S/C45H23N5O/c46-24-27-17-18-30(49-39-13-5-3-11-33(39)37-21-38-34-12-4-8-16-44(34)51-45(38)23-43(37)49)20-35(27)36-22-42(29(26-48)19-28(36)25-47)50-40-14-6-1-9-31(40)32-10-2-7-15-41(32)50/h1-23H. The van der Waals surface area contributed by atoms with E-state index in [9.17, 15) is 15.8 Å². The van der Waals surface area contributed by atoms with Crippen LogP contribution in [0.25, 0.3) is 88.1 Å². The molecule has 3 aromatic heterocycles. The van der Waals surface area contributed by atoms with Crippen LogP contribution < -0.4 is 0 Å². The Morgan fingerprint density at radius 2 is 0.961 bits per heavy atom. The average molecular weight is 650 g/mol. The highest BCUT2D eigenvalue weighted by atomic mass is 16.3. The quantitative estimate of drug-likeness (QED) is 0.190. The molecule has 0 aliphatic rings. The molecule has 0 atom stereocenters. The Kier molecular flexibility index (Phi) is 5.97. The Labute approximate surface area is 291 Å². The maximum atomic E-state index is 10.5. The van der Waals surface area contributed by atoms with Crippen LogP contribution in [0.5, 0.6) is 0 Å². The second-order valence-corrected chi connectivity index (χ2v) is 12.7. The fourth-order valence-electron chi connectivity index (χ4n) is 7.82. The van der Waals surface area contributed by atoms with Crippen LogP contribution in [0, 0.1) is 34.0 Å². The summed E-state index contributed by atoms with van der Waals surface area (Å²) in [5.74, 6) is 0. The minimum atomic E-state index is 0.316. The van der Waals surface area contributed by atoms with Crippen LogP contribution in [0.4, 0.5) is 0 Å². The highest BCUT2D eigenvalue weighted by molar-refractivity contribution is 6.17. The van der Waals surface area contributed by atoms with E-state index in [4.69, 9.17) is 4.42 Å². The van der Waals surface area contributed by atoms with E-state index in [1.165, 1.54) is 0 Å². The average Bonchev–Trinajstić information content (AvgIpc) is 3.83. The predicted octanol–water partition coefficient (Wildman–Crippen LogP) is 11.1. The molecular weight excluding hydrogens is 627 g/mol. The van der Waals surface area contributed by atoms with Crippen molar-refractivity contribution in [2.75, 3.05) is 0 Å². The molecule has 234 valence electrons. The number of benzene rings is 7. The highest BCUT2D eigenvalue weighted by Crippen LogP contribution is 2.41. The number of hydrogen-bond donors (Lipinski definition) is 0. The molecule has 0 aliphatic carbocycles. The van der Waals surface area contributed by atoms with Crippen LogP contribution in [0.15, 0.2) is 144 Å². The topological polar surface area (TPSA) is 94.4 Å². The number of rotatable bonds is 3. The first-order valence-electron chi connectivity index (χ1n) is 16.5. The van der Waals surface area contributed by atoms with Gasteiger partial charge in [-0.1, -0.05) is 72.8 Å². The summed E-state index contributed by atoms with van der Waals surface area (Å²) in [5.41, 5.74) is 9.25. The number of fused-ring (bicyclic) bond motifs is 9. The molecule has 10 rings (SSSR count). The lowest BCUT2D eigenvalue weighted by molar-refractivity contribution is 0.669. The van der Waals surface area contributed by atoms with E-state index in [1.807, 2.05) is 91.0 Å². The summed E-state index contributed by atoms with van der Waals surface area (Å²) in [5, 5.41) is 37.7. The number of hydrogen-bond acceptors (Lipinski definition) is 4. The van der Waals surface area contributed by atoms with Gasteiger partial charge in [-0.05, 0) is 60.7 Å². The first-order chi connectivity index (χ1) is 25.2. The van der Waals surface area contributed by atoms with E-state index in [0.717, 1.165) is 71.2 Å². The number of nitrogens with zero attached hydrogens (tertiary/aromatic N) is 5. The molecule has 51 heavy (non-hydrogen) atoms. The van der Waals surface area contributed by atoms with Gasteiger partial charge in [0.1, 0.15) is 17.2 Å². The maximum Gasteiger partial charge on any atom is 0.137 e. The SMILES string of the molecule is N#Cc1ccc(-n2c3ccccc3c3cc4c(cc32)oc2ccccc24)cc1-c1cc(-n2c3ccccc3c3ccccc32)c(C#N)cc1C#N. The van der Waals surface area contributed by atoms with E-state index in [-0.39, 0.29) is 0 Å². The van der Waals surface area contributed by atoms with Crippen molar-refractivity contribution in [1.29, 1.82) is 15.8 Å². The molecule has 0 spiro atoms. The number of furan rings is 1. The van der Waals surface area contributed by atoms with Gasteiger partial charge in [-0.3, -0.25) is 0 Å². The van der Waals surface area contributed by atoms with Crippen molar-refractivity contribution in [3.8, 4) is 40.7 Å². The van der Waals surface area contributed by atoms with Crippen molar-refractivity contribution in [2.45, 2.75) is 0 Å². The van der Waals surface area contributed by atoms with Crippen molar-refractivity contribution in [3.63, 3.8) is 0 Å². The van der Waals surface area contributed by atoms with Crippen molar-refractivity contribution >= 4 is 65.6 Å². The molecule has 6 nitrogen and oxygen atoms in total. The predicted molar refractivity (Wildman–Crippen MR) is 202 cm³/mol. The van der Waals surface area contributed by atoms with Gasteiger partial charge in [0.25, 0.3) is 0 Å². The van der Waals surface area contributed by atoms with E-state index < -0.39 is 0 Å². The molecule has 0 aliphatic heterocycles. The Hall–Kier alpha value is -7.59. The molecule has 3 heterocycles. The molecule has 0 radical (unpaired) electrons. The largest absolute Gasteiger partial charge is 0.456 e. The summed E-state index contributed by atoms with van der Waals surface area (Å²) in [6.07, 6.45) is 0. The van der Waals surface area contributed by atoms with Gasteiger partial charge in [0.05, 0.1) is 56.6 Å². The number of aromatic nitrogens is 2. The van der Waals surface area contributed by atoms with E-state index in [2.05, 4.69) is 69.8 Å². The lowest BCUT2D eigenvalue weighted by Gasteiger charge is -2.16. The Bertz CT molecular complexity index is 3190. The zero-order valence-electron chi connectivity index (χ0n) is 26.9. The minimum absolute atomic E-state index is 0.316. The highest BCUT2D eigenvalue weighted by Gasteiger charge is 2.21. The summed E-state index contributed by atoms with van der Waals surface area (Å²) in [6.45, 7) is 0. The van der Waals surface area contributed by atoms with Gasteiger partial charge < -0.3 is 13.6 Å². The molecular formula is C45H23N5O. The van der Waals surface area contributed by atoms with E-state index in [0.29, 0.717) is 33.5 Å². The lowest BCUT2D eigenvalue weighted by Crippen LogP contribution is -2.02. The summed E-state index contributed by atoms with van der Waals surface area (Å²) in [6, 6.07) is 53.1. The molecule has 0 fully saturated rings. The monoisotopic (exact) mass is 649 g/mol. The summed E-state index contributed by atoms with van der Waals surface area (Å²) in [4.78, 5) is 0. The maximum absolute atomic E-state index is 10.5. The van der Waals surface area contributed by atoms with Gasteiger partial charge >= 0.3 is 0 Å².